The summed E-state index contributed by atoms with van der Waals surface area (Å²) in [6.45, 7) is 3.29. The van der Waals surface area contributed by atoms with E-state index in [-0.39, 0.29) is 12.0 Å². The molecule has 0 atom stereocenters. The number of hydrogen-bond donors (Lipinski definition) is 0. The maximum atomic E-state index is 12.5. The minimum atomic E-state index is 0.0814. The Bertz CT molecular complexity index is 710. The number of aromatic nitrogens is 2. The van der Waals surface area contributed by atoms with Gasteiger partial charge in [0.25, 0.3) is 0 Å². The lowest BCUT2D eigenvalue weighted by Gasteiger charge is -2.32. The molecule has 2 aromatic rings. The largest absolute Gasteiger partial charge is 0.497 e. The Hall–Kier alpha value is -2.63. The molecule has 3 rings (SSSR count). The van der Waals surface area contributed by atoms with Gasteiger partial charge in [-0.25, -0.2) is 0 Å². The van der Waals surface area contributed by atoms with E-state index in [1.807, 2.05) is 48.2 Å². The highest BCUT2D eigenvalue weighted by Crippen LogP contribution is 2.19. The molecule has 0 saturated carbocycles. The van der Waals surface area contributed by atoms with Crippen LogP contribution in [0.15, 0.2) is 36.4 Å². The second-order valence-electron chi connectivity index (χ2n) is 6.24. The van der Waals surface area contributed by atoms with Crippen LogP contribution in [0, 0.1) is 6.92 Å². The quantitative estimate of drug-likeness (QED) is 0.836. The van der Waals surface area contributed by atoms with Crippen molar-refractivity contribution in [2.24, 2.45) is 0 Å². The first-order chi connectivity index (χ1) is 12.1. The van der Waals surface area contributed by atoms with E-state index in [1.54, 1.807) is 7.11 Å². The number of methoxy groups -OCH3 is 1. The molecule has 6 nitrogen and oxygen atoms in total. The first-order valence-electron chi connectivity index (χ1n) is 8.52. The van der Waals surface area contributed by atoms with E-state index in [2.05, 4.69) is 10.2 Å². The highest BCUT2D eigenvalue weighted by atomic mass is 16.5. The van der Waals surface area contributed by atoms with Crippen molar-refractivity contribution < 1.29 is 14.3 Å². The molecule has 1 aliphatic rings. The van der Waals surface area contributed by atoms with Crippen LogP contribution in [0.2, 0.25) is 0 Å². The third-order valence-corrected chi connectivity index (χ3v) is 4.35. The number of likely N-dealkylation sites (tertiary alicyclic amines) is 1. The lowest BCUT2D eigenvalue weighted by Crippen LogP contribution is -2.42. The van der Waals surface area contributed by atoms with Crippen LogP contribution in [0.4, 0.5) is 0 Å². The molecule has 1 aromatic heterocycles. The van der Waals surface area contributed by atoms with E-state index in [0.717, 1.165) is 29.8 Å². The third kappa shape index (κ3) is 4.68. The van der Waals surface area contributed by atoms with Gasteiger partial charge in [0.2, 0.25) is 11.8 Å². The minimum absolute atomic E-state index is 0.0814. The van der Waals surface area contributed by atoms with Crippen LogP contribution in [-0.2, 0) is 11.2 Å². The van der Waals surface area contributed by atoms with Crippen molar-refractivity contribution in [3.8, 4) is 11.6 Å². The summed E-state index contributed by atoms with van der Waals surface area (Å²) in [5.41, 5.74) is 1.84. The summed E-state index contributed by atoms with van der Waals surface area (Å²) < 4.78 is 11.1. The van der Waals surface area contributed by atoms with Gasteiger partial charge < -0.3 is 14.4 Å². The van der Waals surface area contributed by atoms with Crippen molar-refractivity contribution in [1.29, 1.82) is 0 Å². The van der Waals surface area contributed by atoms with Crippen LogP contribution < -0.4 is 9.47 Å². The highest BCUT2D eigenvalue weighted by molar-refractivity contribution is 5.79. The number of hydrogen-bond acceptors (Lipinski definition) is 5. The predicted octanol–water partition coefficient (Wildman–Crippen LogP) is 2.41. The maximum Gasteiger partial charge on any atom is 0.233 e. The van der Waals surface area contributed by atoms with Gasteiger partial charge in [-0.15, -0.1) is 5.10 Å². The first-order valence-corrected chi connectivity index (χ1v) is 8.52. The van der Waals surface area contributed by atoms with Crippen molar-refractivity contribution in [3.05, 3.63) is 47.7 Å². The van der Waals surface area contributed by atoms with Gasteiger partial charge in [-0.1, -0.05) is 12.1 Å². The number of piperidine rings is 1. The molecule has 0 radical (unpaired) electrons. The SMILES string of the molecule is COc1cccc(CC(=O)N2CCC(Oc3ccc(C)nn3)CC2)c1. The summed E-state index contributed by atoms with van der Waals surface area (Å²) in [5.74, 6) is 1.46. The lowest BCUT2D eigenvalue weighted by atomic mass is 10.1. The van der Waals surface area contributed by atoms with E-state index >= 15 is 0 Å². The number of rotatable bonds is 5. The molecule has 25 heavy (non-hydrogen) atoms. The van der Waals surface area contributed by atoms with Crippen molar-refractivity contribution in [3.63, 3.8) is 0 Å². The molecule has 1 amide bonds. The van der Waals surface area contributed by atoms with E-state index in [9.17, 15) is 4.79 Å². The predicted molar refractivity (Wildman–Crippen MR) is 93.7 cm³/mol. The molecule has 1 aliphatic heterocycles. The standard InChI is InChI=1S/C19H23N3O3/c1-14-6-7-18(21-20-14)25-16-8-10-22(11-9-16)19(23)13-15-4-3-5-17(12-15)24-2/h3-7,12,16H,8-11,13H2,1-2H3. The molecule has 1 saturated heterocycles. The van der Waals surface area contributed by atoms with E-state index in [1.165, 1.54) is 0 Å². The van der Waals surface area contributed by atoms with Crippen LogP contribution >= 0.6 is 0 Å². The Labute approximate surface area is 147 Å². The van der Waals surface area contributed by atoms with Crippen LogP contribution in [0.5, 0.6) is 11.6 Å². The van der Waals surface area contributed by atoms with Gasteiger partial charge in [-0.2, -0.15) is 5.10 Å². The van der Waals surface area contributed by atoms with Crippen molar-refractivity contribution >= 4 is 5.91 Å². The molecule has 0 N–H and O–H groups in total. The first kappa shape index (κ1) is 17.2. The number of carbonyl (C=O) groups excluding carboxylic acids is 1. The van der Waals surface area contributed by atoms with Gasteiger partial charge in [-0.3, -0.25) is 4.79 Å². The average Bonchev–Trinajstić information content (AvgIpc) is 2.64. The summed E-state index contributed by atoms with van der Waals surface area (Å²) in [6.07, 6.45) is 2.09. The number of amides is 1. The summed E-state index contributed by atoms with van der Waals surface area (Å²) in [4.78, 5) is 14.4. The number of ether oxygens (including phenoxy) is 2. The second-order valence-corrected chi connectivity index (χ2v) is 6.24. The van der Waals surface area contributed by atoms with Gasteiger partial charge >= 0.3 is 0 Å². The Balaban J connectivity index is 1.49. The Morgan fingerprint density at radius 2 is 2.00 bits per heavy atom. The number of benzene rings is 1. The molecule has 0 unspecified atom stereocenters. The smallest absolute Gasteiger partial charge is 0.233 e. The molecular weight excluding hydrogens is 318 g/mol. The third-order valence-electron chi connectivity index (χ3n) is 4.35. The molecule has 132 valence electrons. The highest BCUT2D eigenvalue weighted by Gasteiger charge is 2.24. The van der Waals surface area contributed by atoms with Crippen molar-refractivity contribution in [2.45, 2.75) is 32.3 Å². The monoisotopic (exact) mass is 341 g/mol. The fraction of sp³-hybridized carbons (Fsp3) is 0.421. The fourth-order valence-corrected chi connectivity index (χ4v) is 2.91. The summed E-state index contributed by atoms with van der Waals surface area (Å²) in [7, 11) is 1.63. The minimum Gasteiger partial charge on any atom is -0.497 e. The Morgan fingerprint density at radius 3 is 2.68 bits per heavy atom. The van der Waals surface area contributed by atoms with Gasteiger partial charge in [-0.05, 0) is 30.7 Å². The molecule has 0 spiro atoms. The topological polar surface area (TPSA) is 64.5 Å². The lowest BCUT2D eigenvalue weighted by molar-refractivity contribution is -0.132. The molecule has 1 fully saturated rings. The van der Waals surface area contributed by atoms with E-state index < -0.39 is 0 Å². The molecule has 6 heteroatoms. The average molecular weight is 341 g/mol. The molecule has 2 heterocycles. The molecular formula is C19H23N3O3. The van der Waals surface area contributed by atoms with E-state index in [0.29, 0.717) is 25.4 Å². The van der Waals surface area contributed by atoms with Crippen LogP contribution in [0.3, 0.4) is 0 Å². The van der Waals surface area contributed by atoms with Crippen LogP contribution in [-0.4, -0.2) is 47.3 Å². The van der Waals surface area contributed by atoms with Crippen LogP contribution in [0.25, 0.3) is 0 Å². The zero-order valence-electron chi connectivity index (χ0n) is 14.6. The summed E-state index contributed by atoms with van der Waals surface area (Å²) >= 11 is 0. The van der Waals surface area contributed by atoms with Gasteiger partial charge in [0, 0.05) is 32.0 Å². The molecule has 0 bridgehead atoms. The zero-order chi connectivity index (χ0) is 17.6. The summed E-state index contributed by atoms with van der Waals surface area (Å²) in [6, 6.07) is 11.4. The Morgan fingerprint density at radius 1 is 1.20 bits per heavy atom. The number of aryl methyl sites for hydroxylation is 1. The molecule has 0 aliphatic carbocycles. The maximum absolute atomic E-state index is 12.5. The number of carbonyl (C=O) groups is 1. The molecule has 1 aromatic carbocycles. The van der Waals surface area contributed by atoms with Gasteiger partial charge in [0.1, 0.15) is 11.9 Å². The number of nitrogens with zero attached hydrogens (tertiary/aromatic N) is 3. The van der Waals surface area contributed by atoms with Gasteiger partial charge in [0.15, 0.2) is 0 Å². The summed E-state index contributed by atoms with van der Waals surface area (Å²) in [5, 5.41) is 8.03. The van der Waals surface area contributed by atoms with Crippen molar-refractivity contribution in [1.82, 2.24) is 15.1 Å². The van der Waals surface area contributed by atoms with Crippen molar-refractivity contribution in [2.75, 3.05) is 20.2 Å². The zero-order valence-corrected chi connectivity index (χ0v) is 14.6. The Kier molecular flexibility index (Phi) is 5.48. The van der Waals surface area contributed by atoms with Gasteiger partial charge in [0.05, 0.1) is 19.2 Å². The van der Waals surface area contributed by atoms with Crippen LogP contribution in [0.1, 0.15) is 24.1 Å². The second kappa shape index (κ2) is 7.96. The van der Waals surface area contributed by atoms with E-state index in [4.69, 9.17) is 9.47 Å². The normalized spacial score (nSPS) is 15.0. The fourth-order valence-electron chi connectivity index (χ4n) is 2.91.